The first-order valence-electron chi connectivity index (χ1n) is 6.85. The molecular formula is C15H21FN2O. The molecule has 1 saturated carbocycles. The molecule has 0 spiro atoms. The number of carbonyl (C=O) groups is 1. The molecule has 19 heavy (non-hydrogen) atoms. The van der Waals surface area contributed by atoms with Crippen LogP contribution in [0.5, 0.6) is 0 Å². The molecule has 1 aromatic rings. The van der Waals surface area contributed by atoms with Crippen molar-refractivity contribution < 1.29 is 9.18 Å². The largest absolute Gasteiger partial charge is 0.369 e. The van der Waals surface area contributed by atoms with E-state index in [9.17, 15) is 9.18 Å². The highest BCUT2D eigenvalue weighted by Gasteiger charge is 2.28. The molecule has 1 fully saturated rings. The summed E-state index contributed by atoms with van der Waals surface area (Å²) in [7, 11) is 0. The molecule has 2 atom stereocenters. The molecule has 3 nitrogen and oxygen atoms in total. The summed E-state index contributed by atoms with van der Waals surface area (Å²) in [5, 5.41) is 3.37. The van der Waals surface area contributed by atoms with Gasteiger partial charge < -0.3 is 11.1 Å². The van der Waals surface area contributed by atoms with Crippen molar-refractivity contribution in [3.63, 3.8) is 0 Å². The Morgan fingerprint density at radius 2 is 2.16 bits per heavy atom. The number of carbonyl (C=O) groups excluding carboxylic acids is 1. The molecule has 1 aliphatic carbocycles. The first-order valence-corrected chi connectivity index (χ1v) is 6.85. The van der Waals surface area contributed by atoms with Gasteiger partial charge in [0.25, 0.3) is 0 Å². The fourth-order valence-electron chi connectivity index (χ4n) is 2.79. The third kappa shape index (κ3) is 3.53. The van der Waals surface area contributed by atoms with Crippen molar-refractivity contribution in [3.8, 4) is 0 Å². The van der Waals surface area contributed by atoms with E-state index in [1.807, 2.05) is 6.92 Å². The van der Waals surface area contributed by atoms with Crippen LogP contribution in [-0.4, -0.2) is 11.9 Å². The van der Waals surface area contributed by atoms with Gasteiger partial charge in [0.1, 0.15) is 5.82 Å². The van der Waals surface area contributed by atoms with Crippen LogP contribution in [0.15, 0.2) is 18.2 Å². The first kappa shape index (κ1) is 14.0. The highest BCUT2D eigenvalue weighted by Crippen LogP contribution is 2.24. The van der Waals surface area contributed by atoms with E-state index >= 15 is 0 Å². The molecule has 3 N–H and O–H groups in total. The summed E-state index contributed by atoms with van der Waals surface area (Å²) in [5.74, 6) is -0.548. The maximum atomic E-state index is 13.2. The maximum Gasteiger partial charge on any atom is 0.222 e. The lowest BCUT2D eigenvalue weighted by Crippen LogP contribution is -2.44. The van der Waals surface area contributed by atoms with Crippen LogP contribution in [0.2, 0.25) is 0 Å². The van der Waals surface area contributed by atoms with Crippen LogP contribution in [0, 0.1) is 18.7 Å². The Balaban J connectivity index is 2.00. The van der Waals surface area contributed by atoms with Gasteiger partial charge in [-0.05, 0) is 43.0 Å². The van der Waals surface area contributed by atoms with Crippen LogP contribution < -0.4 is 11.1 Å². The number of halogens is 1. The zero-order valence-corrected chi connectivity index (χ0v) is 11.3. The van der Waals surface area contributed by atoms with Crippen LogP contribution in [0.3, 0.4) is 0 Å². The first-order chi connectivity index (χ1) is 9.08. The fraction of sp³-hybridized carbons (Fsp3) is 0.533. The van der Waals surface area contributed by atoms with Crippen LogP contribution >= 0.6 is 0 Å². The van der Waals surface area contributed by atoms with Gasteiger partial charge in [0.2, 0.25) is 5.91 Å². The van der Waals surface area contributed by atoms with Gasteiger partial charge >= 0.3 is 0 Å². The van der Waals surface area contributed by atoms with E-state index < -0.39 is 0 Å². The molecule has 1 aromatic carbocycles. The minimum absolute atomic E-state index is 0.0948. The third-order valence-corrected chi connectivity index (χ3v) is 4.00. The molecule has 0 heterocycles. The normalized spacial score (nSPS) is 23.3. The molecule has 1 aliphatic rings. The van der Waals surface area contributed by atoms with Crippen molar-refractivity contribution in [2.24, 2.45) is 11.7 Å². The van der Waals surface area contributed by atoms with Gasteiger partial charge in [-0.3, -0.25) is 4.79 Å². The summed E-state index contributed by atoms with van der Waals surface area (Å²) in [6.07, 6.45) is 3.99. The minimum atomic E-state index is -0.229. The molecule has 0 saturated heterocycles. The Bertz CT molecular complexity index is 461. The molecule has 2 rings (SSSR count). The summed E-state index contributed by atoms with van der Waals surface area (Å²) in [6, 6.07) is 4.91. The van der Waals surface area contributed by atoms with Gasteiger partial charge in [0.15, 0.2) is 0 Å². The average molecular weight is 264 g/mol. The number of amides is 1. The fourth-order valence-corrected chi connectivity index (χ4v) is 2.79. The Hall–Kier alpha value is -1.42. The molecule has 0 bridgehead atoms. The molecule has 104 valence electrons. The second-order valence-electron chi connectivity index (χ2n) is 5.35. The van der Waals surface area contributed by atoms with E-state index in [0.29, 0.717) is 6.54 Å². The lowest BCUT2D eigenvalue weighted by molar-refractivity contribution is -0.123. The van der Waals surface area contributed by atoms with Crippen molar-refractivity contribution >= 4 is 5.91 Å². The summed E-state index contributed by atoms with van der Waals surface area (Å²) < 4.78 is 13.2. The Morgan fingerprint density at radius 3 is 2.89 bits per heavy atom. The number of hydrogen-bond donors (Lipinski definition) is 2. The molecule has 0 radical (unpaired) electrons. The van der Waals surface area contributed by atoms with E-state index in [1.165, 1.54) is 6.07 Å². The number of benzene rings is 1. The summed E-state index contributed by atoms with van der Waals surface area (Å²) in [5.41, 5.74) is 7.44. The van der Waals surface area contributed by atoms with Crippen LogP contribution in [0.25, 0.3) is 0 Å². The highest BCUT2D eigenvalue weighted by atomic mass is 19.1. The van der Waals surface area contributed by atoms with Gasteiger partial charge in [0.05, 0.1) is 5.92 Å². The van der Waals surface area contributed by atoms with Crippen molar-refractivity contribution in [1.29, 1.82) is 0 Å². The Labute approximate surface area is 113 Å². The molecular weight excluding hydrogens is 243 g/mol. The number of nitrogens with two attached hydrogens (primary N) is 1. The average Bonchev–Trinajstić information content (AvgIpc) is 2.40. The molecule has 1 amide bonds. The minimum Gasteiger partial charge on any atom is -0.369 e. The van der Waals surface area contributed by atoms with Crippen molar-refractivity contribution in [1.82, 2.24) is 5.32 Å². The van der Waals surface area contributed by atoms with E-state index in [0.717, 1.165) is 36.8 Å². The van der Waals surface area contributed by atoms with E-state index in [4.69, 9.17) is 5.73 Å². The molecule has 0 aliphatic heterocycles. The van der Waals surface area contributed by atoms with Crippen LogP contribution in [0.1, 0.15) is 36.8 Å². The monoisotopic (exact) mass is 264 g/mol. The number of aryl methyl sites for hydroxylation is 1. The van der Waals surface area contributed by atoms with Gasteiger partial charge in [-0.1, -0.05) is 18.9 Å². The van der Waals surface area contributed by atoms with Crippen molar-refractivity contribution in [2.45, 2.75) is 45.2 Å². The van der Waals surface area contributed by atoms with Crippen LogP contribution in [0.4, 0.5) is 4.39 Å². The maximum absolute atomic E-state index is 13.2. The lowest BCUT2D eigenvalue weighted by Gasteiger charge is -2.30. The van der Waals surface area contributed by atoms with Gasteiger partial charge in [-0.15, -0.1) is 0 Å². The van der Waals surface area contributed by atoms with Crippen molar-refractivity contribution in [3.05, 3.63) is 35.1 Å². The standard InChI is InChI=1S/C15H21FN2O/c1-10-6-7-12(16)8-11(10)9-18-14-5-3-2-4-13(14)15(17)19/h6-8,13-14,18H,2-5,9H2,1H3,(H2,17,19). The van der Waals surface area contributed by atoms with E-state index in [1.54, 1.807) is 12.1 Å². The second kappa shape index (κ2) is 6.15. The summed E-state index contributed by atoms with van der Waals surface area (Å²) in [4.78, 5) is 11.4. The van der Waals surface area contributed by atoms with Crippen molar-refractivity contribution in [2.75, 3.05) is 0 Å². The predicted octanol–water partition coefficient (Wildman–Crippen LogP) is 2.27. The van der Waals surface area contributed by atoms with E-state index in [-0.39, 0.29) is 23.7 Å². The predicted molar refractivity (Wildman–Crippen MR) is 72.9 cm³/mol. The molecule has 2 unspecified atom stereocenters. The lowest BCUT2D eigenvalue weighted by atomic mass is 9.84. The second-order valence-corrected chi connectivity index (χ2v) is 5.35. The third-order valence-electron chi connectivity index (χ3n) is 4.00. The van der Waals surface area contributed by atoms with Gasteiger partial charge in [0, 0.05) is 12.6 Å². The summed E-state index contributed by atoms with van der Waals surface area (Å²) >= 11 is 0. The number of primary amides is 1. The SMILES string of the molecule is Cc1ccc(F)cc1CNC1CCCCC1C(N)=O. The zero-order valence-electron chi connectivity index (χ0n) is 11.3. The number of hydrogen-bond acceptors (Lipinski definition) is 2. The topological polar surface area (TPSA) is 55.1 Å². The van der Waals surface area contributed by atoms with Gasteiger partial charge in [-0.2, -0.15) is 0 Å². The number of nitrogens with one attached hydrogen (secondary N) is 1. The van der Waals surface area contributed by atoms with Gasteiger partial charge in [-0.25, -0.2) is 4.39 Å². The smallest absolute Gasteiger partial charge is 0.222 e. The highest BCUT2D eigenvalue weighted by molar-refractivity contribution is 5.77. The zero-order chi connectivity index (χ0) is 13.8. The number of rotatable bonds is 4. The quantitative estimate of drug-likeness (QED) is 0.876. The Kier molecular flexibility index (Phi) is 4.53. The van der Waals surface area contributed by atoms with E-state index in [2.05, 4.69) is 5.32 Å². The summed E-state index contributed by atoms with van der Waals surface area (Å²) in [6.45, 7) is 2.54. The Morgan fingerprint density at radius 1 is 1.42 bits per heavy atom. The van der Waals surface area contributed by atoms with Crippen LogP contribution in [-0.2, 0) is 11.3 Å². The molecule has 4 heteroatoms. The molecule has 0 aromatic heterocycles.